The molecule has 0 spiro atoms. The van der Waals surface area contributed by atoms with E-state index in [1.54, 1.807) is 0 Å². The molecule has 0 saturated carbocycles. The number of carboxylic acid groups (broad SMARTS) is 1. The largest absolute Gasteiger partial charge is 0.481 e. The van der Waals surface area contributed by atoms with Crippen LogP contribution in [0, 0.1) is 0 Å². The van der Waals surface area contributed by atoms with Crippen LogP contribution < -0.4 is 5.32 Å². The third-order valence-electron chi connectivity index (χ3n) is 2.34. The van der Waals surface area contributed by atoms with Crippen molar-refractivity contribution in [2.75, 3.05) is 13.2 Å². The topological polar surface area (TPSA) is 75.6 Å². The Morgan fingerprint density at radius 1 is 1.40 bits per heavy atom. The quantitative estimate of drug-likeness (QED) is 0.656. The second kappa shape index (κ2) is 6.40. The lowest BCUT2D eigenvalue weighted by molar-refractivity contribution is -0.138. The number of hydrogen-bond donors (Lipinski definition) is 2. The predicted octanol–water partition coefficient (Wildman–Crippen LogP) is 0.536. The second-order valence-corrected chi connectivity index (χ2v) is 3.64. The normalized spacial score (nSPS) is 20.9. The van der Waals surface area contributed by atoms with Crippen molar-refractivity contribution < 1.29 is 19.4 Å². The van der Waals surface area contributed by atoms with Crippen molar-refractivity contribution in [3.8, 4) is 0 Å². The summed E-state index contributed by atoms with van der Waals surface area (Å²) in [5, 5.41) is 11.1. The Labute approximate surface area is 88.8 Å². The van der Waals surface area contributed by atoms with Crippen LogP contribution in [0.25, 0.3) is 0 Å². The van der Waals surface area contributed by atoms with Crippen LogP contribution in [-0.4, -0.2) is 36.2 Å². The van der Waals surface area contributed by atoms with Gasteiger partial charge in [-0.25, -0.2) is 0 Å². The first-order valence-corrected chi connectivity index (χ1v) is 5.31. The van der Waals surface area contributed by atoms with E-state index in [2.05, 4.69) is 5.32 Å². The number of rotatable bonds is 5. The molecule has 0 bridgehead atoms. The van der Waals surface area contributed by atoms with Crippen LogP contribution in [0.5, 0.6) is 0 Å². The lowest BCUT2D eigenvalue weighted by Crippen LogP contribution is -2.38. The lowest BCUT2D eigenvalue weighted by Gasteiger charge is -2.21. The van der Waals surface area contributed by atoms with Gasteiger partial charge in [0.05, 0.1) is 0 Å². The van der Waals surface area contributed by atoms with Gasteiger partial charge < -0.3 is 15.2 Å². The number of ether oxygens (including phenoxy) is 1. The van der Waals surface area contributed by atoms with Gasteiger partial charge in [-0.3, -0.25) is 9.59 Å². The van der Waals surface area contributed by atoms with Gasteiger partial charge in [0.15, 0.2) is 0 Å². The van der Waals surface area contributed by atoms with Crippen LogP contribution in [0.1, 0.15) is 32.1 Å². The molecule has 2 N–H and O–H groups in total. The minimum absolute atomic E-state index is 0.0891. The van der Waals surface area contributed by atoms with E-state index in [0.29, 0.717) is 19.6 Å². The fourth-order valence-electron chi connectivity index (χ4n) is 1.51. The van der Waals surface area contributed by atoms with E-state index in [1.807, 2.05) is 0 Å². The number of aliphatic carboxylic acids is 1. The highest BCUT2D eigenvalue weighted by atomic mass is 16.5. The summed E-state index contributed by atoms with van der Waals surface area (Å²) in [6.45, 7) is 1.05. The van der Waals surface area contributed by atoms with Gasteiger partial charge in [0.2, 0.25) is 5.91 Å². The van der Waals surface area contributed by atoms with Gasteiger partial charge in [-0.15, -0.1) is 0 Å². The molecule has 5 heteroatoms. The van der Waals surface area contributed by atoms with Crippen LogP contribution in [0.3, 0.4) is 0 Å². The smallest absolute Gasteiger partial charge is 0.303 e. The summed E-state index contributed by atoms with van der Waals surface area (Å²) in [6.07, 6.45) is 3.03. The first kappa shape index (κ1) is 12.0. The van der Waals surface area contributed by atoms with Gasteiger partial charge in [-0.1, -0.05) is 0 Å². The molecule has 1 saturated heterocycles. The molecule has 5 nitrogen and oxygen atoms in total. The first-order chi connectivity index (χ1) is 7.20. The highest BCUT2D eigenvalue weighted by Crippen LogP contribution is 2.12. The minimum Gasteiger partial charge on any atom is -0.481 e. The third-order valence-corrected chi connectivity index (χ3v) is 2.34. The molecule has 1 aliphatic heterocycles. The molecular weight excluding hydrogens is 198 g/mol. The van der Waals surface area contributed by atoms with Gasteiger partial charge in [0, 0.05) is 19.6 Å². The highest BCUT2D eigenvalue weighted by molar-refractivity contribution is 5.80. The number of nitrogens with one attached hydrogen (secondary N) is 1. The summed E-state index contributed by atoms with van der Waals surface area (Å²) >= 11 is 0. The third kappa shape index (κ3) is 4.78. The van der Waals surface area contributed by atoms with E-state index < -0.39 is 5.97 Å². The monoisotopic (exact) mass is 215 g/mol. The molecule has 1 amide bonds. The number of amides is 1. The first-order valence-electron chi connectivity index (χ1n) is 5.31. The summed E-state index contributed by atoms with van der Waals surface area (Å²) in [7, 11) is 0. The second-order valence-electron chi connectivity index (χ2n) is 3.64. The van der Waals surface area contributed by atoms with Crippen molar-refractivity contribution in [1.29, 1.82) is 0 Å². The maximum absolute atomic E-state index is 11.5. The molecule has 0 aromatic rings. The lowest BCUT2D eigenvalue weighted by atomic mass is 10.1. The summed E-state index contributed by atoms with van der Waals surface area (Å²) in [5.41, 5.74) is 0. The summed E-state index contributed by atoms with van der Waals surface area (Å²) in [4.78, 5) is 21.7. The van der Waals surface area contributed by atoms with Gasteiger partial charge >= 0.3 is 5.97 Å². The Kier molecular flexibility index (Phi) is 5.10. The molecule has 86 valence electrons. The standard InChI is InChI=1S/C10H17NO4/c12-9(13)5-3-6-11-10(14)8-4-1-2-7-15-8/h8H,1-7H2,(H,11,14)(H,12,13). The molecule has 0 aromatic heterocycles. The van der Waals surface area contributed by atoms with Crippen LogP contribution in [0.2, 0.25) is 0 Å². The average molecular weight is 215 g/mol. The molecule has 1 rings (SSSR count). The summed E-state index contributed by atoms with van der Waals surface area (Å²) < 4.78 is 5.29. The van der Waals surface area contributed by atoms with Crippen molar-refractivity contribution in [3.63, 3.8) is 0 Å². The molecule has 0 radical (unpaired) electrons. The molecule has 1 unspecified atom stereocenters. The van der Waals surface area contributed by atoms with E-state index in [0.717, 1.165) is 19.3 Å². The van der Waals surface area contributed by atoms with Crippen LogP contribution in [0.15, 0.2) is 0 Å². The average Bonchev–Trinajstić information content (AvgIpc) is 2.25. The predicted molar refractivity (Wildman–Crippen MR) is 53.5 cm³/mol. The van der Waals surface area contributed by atoms with Crippen LogP contribution >= 0.6 is 0 Å². The van der Waals surface area contributed by atoms with E-state index >= 15 is 0 Å². The van der Waals surface area contributed by atoms with E-state index in [4.69, 9.17) is 9.84 Å². The molecule has 0 aromatic carbocycles. The van der Waals surface area contributed by atoms with E-state index in [9.17, 15) is 9.59 Å². The van der Waals surface area contributed by atoms with Crippen LogP contribution in [-0.2, 0) is 14.3 Å². The molecule has 1 atom stereocenters. The number of carbonyl (C=O) groups excluding carboxylic acids is 1. The van der Waals surface area contributed by atoms with Crippen molar-refractivity contribution in [3.05, 3.63) is 0 Å². The molecule has 1 aliphatic rings. The molecule has 15 heavy (non-hydrogen) atoms. The Hall–Kier alpha value is -1.10. The van der Waals surface area contributed by atoms with Crippen molar-refractivity contribution in [2.45, 2.75) is 38.2 Å². The van der Waals surface area contributed by atoms with E-state index in [1.165, 1.54) is 0 Å². The maximum Gasteiger partial charge on any atom is 0.303 e. The van der Waals surface area contributed by atoms with E-state index in [-0.39, 0.29) is 18.4 Å². The molecular formula is C10H17NO4. The fraction of sp³-hybridized carbons (Fsp3) is 0.800. The Bertz CT molecular complexity index is 223. The van der Waals surface area contributed by atoms with Crippen molar-refractivity contribution >= 4 is 11.9 Å². The number of carboxylic acids is 1. The van der Waals surface area contributed by atoms with Gasteiger partial charge in [0.25, 0.3) is 0 Å². The van der Waals surface area contributed by atoms with Gasteiger partial charge in [0.1, 0.15) is 6.10 Å². The minimum atomic E-state index is -0.835. The summed E-state index contributed by atoms with van der Waals surface area (Å²) in [6, 6.07) is 0. The Balaban J connectivity index is 2.09. The van der Waals surface area contributed by atoms with Gasteiger partial charge in [-0.2, -0.15) is 0 Å². The zero-order valence-corrected chi connectivity index (χ0v) is 8.70. The number of hydrogen-bond acceptors (Lipinski definition) is 3. The SMILES string of the molecule is O=C(O)CCCNC(=O)C1CCCCO1. The zero-order chi connectivity index (χ0) is 11.1. The van der Waals surface area contributed by atoms with Crippen molar-refractivity contribution in [2.24, 2.45) is 0 Å². The molecule has 1 heterocycles. The van der Waals surface area contributed by atoms with Crippen LogP contribution in [0.4, 0.5) is 0 Å². The van der Waals surface area contributed by atoms with Gasteiger partial charge in [-0.05, 0) is 25.7 Å². The Morgan fingerprint density at radius 2 is 2.20 bits per heavy atom. The molecule has 0 aliphatic carbocycles. The Morgan fingerprint density at radius 3 is 2.80 bits per heavy atom. The summed E-state index contributed by atoms with van der Waals surface area (Å²) in [5.74, 6) is -0.946. The zero-order valence-electron chi connectivity index (χ0n) is 8.70. The molecule has 1 fully saturated rings. The fourth-order valence-corrected chi connectivity index (χ4v) is 1.51. The maximum atomic E-state index is 11.5. The number of carbonyl (C=O) groups is 2. The van der Waals surface area contributed by atoms with Crippen molar-refractivity contribution in [1.82, 2.24) is 5.32 Å². The highest BCUT2D eigenvalue weighted by Gasteiger charge is 2.21.